The van der Waals surface area contributed by atoms with Gasteiger partial charge in [-0.05, 0) is 30.7 Å². The first kappa shape index (κ1) is 12.7. The predicted octanol–water partition coefficient (Wildman–Crippen LogP) is 4.08. The van der Waals surface area contributed by atoms with Gasteiger partial charge in [0.2, 0.25) is 0 Å². The maximum atomic E-state index is 12.3. The molecule has 1 amide bonds. The summed E-state index contributed by atoms with van der Waals surface area (Å²) >= 11 is 5.95. The summed E-state index contributed by atoms with van der Waals surface area (Å²) in [6.45, 7) is 1.91. The molecule has 0 unspecified atom stereocenters. The third-order valence-corrected chi connectivity index (χ3v) is 3.35. The van der Waals surface area contributed by atoms with Crippen LogP contribution in [0.2, 0.25) is 5.02 Å². The number of amides is 1. The van der Waals surface area contributed by atoms with Gasteiger partial charge in [-0.1, -0.05) is 35.9 Å². The van der Waals surface area contributed by atoms with Gasteiger partial charge < -0.3 is 5.32 Å². The zero-order valence-electron chi connectivity index (χ0n) is 10.8. The molecule has 0 saturated carbocycles. The number of anilines is 1. The van der Waals surface area contributed by atoms with Gasteiger partial charge in [0.1, 0.15) is 0 Å². The minimum atomic E-state index is -0.309. The van der Waals surface area contributed by atoms with E-state index in [2.05, 4.69) is 10.4 Å². The maximum Gasteiger partial charge on any atom is 0.347 e. The third kappa shape index (κ3) is 2.26. The van der Waals surface area contributed by atoms with Crippen LogP contribution in [0, 0.1) is 6.92 Å². The number of benzene rings is 2. The highest BCUT2D eigenvalue weighted by Crippen LogP contribution is 2.21. The van der Waals surface area contributed by atoms with Crippen LogP contribution in [0.3, 0.4) is 0 Å². The van der Waals surface area contributed by atoms with Crippen LogP contribution >= 0.6 is 11.6 Å². The van der Waals surface area contributed by atoms with Crippen LogP contribution in [-0.4, -0.2) is 15.8 Å². The normalized spacial score (nSPS) is 10.7. The van der Waals surface area contributed by atoms with Gasteiger partial charge in [-0.15, -0.1) is 0 Å². The summed E-state index contributed by atoms with van der Waals surface area (Å²) in [5.74, 6) is 0. The molecular weight excluding hydrogens is 274 g/mol. The van der Waals surface area contributed by atoms with Gasteiger partial charge in [-0.3, -0.25) is 0 Å². The summed E-state index contributed by atoms with van der Waals surface area (Å²) < 4.78 is 1.34. The number of nitrogens with zero attached hydrogens (tertiary/aromatic N) is 2. The van der Waals surface area contributed by atoms with Crippen molar-refractivity contribution in [2.45, 2.75) is 6.92 Å². The second kappa shape index (κ2) is 4.98. The number of aromatic nitrogens is 2. The number of aryl methyl sites for hydroxylation is 1. The van der Waals surface area contributed by atoms with Crippen molar-refractivity contribution in [1.82, 2.24) is 9.78 Å². The van der Waals surface area contributed by atoms with Gasteiger partial charge in [0.15, 0.2) is 0 Å². The predicted molar refractivity (Wildman–Crippen MR) is 80.3 cm³/mol. The minimum Gasteiger partial charge on any atom is -0.306 e. The summed E-state index contributed by atoms with van der Waals surface area (Å²) in [5.41, 5.74) is 2.39. The van der Waals surface area contributed by atoms with Crippen molar-refractivity contribution in [2.24, 2.45) is 0 Å². The standard InChI is InChI=1S/C15H12ClN3O/c1-10-6-7-12(16)8-13(10)18-15(20)19-14-5-3-2-4-11(14)9-17-19/h2-9H,1H3,(H,18,20). The second-order valence-corrected chi connectivity index (χ2v) is 4.94. The molecule has 2 aromatic carbocycles. The lowest BCUT2D eigenvalue weighted by molar-refractivity contribution is 0.252. The van der Waals surface area contributed by atoms with Crippen LogP contribution in [0.15, 0.2) is 48.7 Å². The van der Waals surface area contributed by atoms with E-state index in [1.807, 2.05) is 37.3 Å². The van der Waals surface area contributed by atoms with Crippen LogP contribution < -0.4 is 5.32 Å². The number of halogens is 1. The molecule has 0 atom stereocenters. The average molecular weight is 286 g/mol. The molecular formula is C15H12ClN3O. The lowest BCUT2D eigenvalue weighted by Crippen LogP contribution is -2.20. The Balaban J connectivity index is 1.95. The van der Waals surface area contributed by atoms with Crippen molar-refractivity contribution in [3.05, 3.63) is 59.2 Å². The second-order valence-electron chi connectivity index (χ2n) is 4.50. The molecule has 1 aromatic heterocycles. The number of carbonyl (C=O) groups is 1. The monoisotopic (exact) mass is 285 g/mol. The molecule has 20 heavy (non-hydrogen) atoms. The first-order valence-corrected chi connectivity index (χ1v) is 6.53. The number of nitrogens with one attached hydrogen (secondary N) is 1. The summed E-state index contributed by atoms with van der Waals surface area (Å²) in [5, 5.41) is 8.44. The van der Waals surface area contributed by atoms with E-state index in [9.17, 15) is 4.79 Å². The van der Waals surface area contributed by atoms with Crippen molar-refractivity contribution in [3.63, 3.8) is 0 Å². The molecule has 0 radical (unpaired) electrons. The number of hydrogen-bond donors (Lipinski definition) is 1. The molecule has 0 aliphatic carbocycles. The molecule has 0 saturated heterocycles. The number of para-hydroxylation sites is 1. The summed E-state index contributed by atoms with van der Waals surface area (Å²) in [6, 6.07) is 12.6. The maximum absolute atomic E-state index is 12.3. The molecule has 100 valence electrons. The van der Waals surface area contributed by atoms with E-state index in [1.165, 1.54) is 4.68 Å². The number of hydrogen-bond acceptors (Lipinski definition) is 2. The van der Waals surface area contributed by atoms with Crippen LogP contribution in [0.4, 0.5) is 10.5 Å². The highest BCUT2D eigenvalue weighted by molar-refractivity contribution is 6.31. The highest BCUT2D eigenvalue weighted by atomic mass is 35.5. The summed E-state index contributed by atoms with van der Waals surface area (Å²) in [4.78, 5) is 12.3. The Labute approximate surface area is 121 Å². The van der Waals surface area contributed by atoms with Crippen molar-refractivity contribution in [1.29, 1.82) is 0 Å². The Morgan fingerprint density at radius 2 is 2.05 bits per heavy atom. The van der Waals surface area contributed by atoms with Crippen LogP contribution in [-0.2, 0) is 0 Å². The highest BCUT2D eigenvalue weighted by Gasteiger charge is 2.11. The summed E-state index contributed by atoms with van der Waals surface area (Å²) in [6.07, 6.45) is 1.67. The van der Waals surface area contributed by atoms with E-state index in [0.717, 1.165) is 16.5 Å². The molecule has 1 N–H and O–H groups in total. The van der Waals surface area contributed by atoms with Gasteiger partial charge in [0.25, 0.3) is 0 Å². The van der Waals surface area contributed by atoms with Crippen molar-refractivity contribution >= 4 is 34.2 Å². The Morgan fingerprint density at radius 1 is 1.25 bits per heavy atom. The van der Waals surface area contributed by atoms with Crippen molar-refractivity contribution in [3.8, 4) is 0 Å². The zero-order chi connectivity index (χ0) is 14.1. The third-order valence-electron chi connectivity index (χ3n) is 3.11. The first-order valence-electron chi connectivity index (χ1n) is 6.15. The Bertz CT molecular complexity index is 795. The topological polar surface area (TPSA) is 46.9 Å². The van der Waals surface area contributed by atoms with Crippen molar-refractivity contribution in [2.75, 3.05) is 5.32 Å². The quantitative estimate of drug-likeness (QED) is 0.732. The van der Waals surface area contributed by atoms with E-state index in [4.69, 9.17) is 11.6 Å². The molecule has 0 bridgehead atoms. The molecule has 4 nitrogen and oxygen atoms in total. The smallest absolute Gasteiger partial charge is 0.306 e. The average Bonchev–Trinajstić information content (AvgIpc) is 2.87. The van der Waals surface area contributed by atoms with Gasteiger partial charge in [0.05, 0.1) is 11.7 Å². The van der Waals surface area contributed by atoms with Crippen LogP contribution in [0.1, 0.15) is 5.56 Å². The fourth-order valence-electron chi connectivity index (χ4n) is 2.03. The van der Waals surface area contributed by atoms with Gasteiger partial charge >= 0.3 is 6.03 Å². The zero-order valence-corrected chi connectivity index (χ0v) is 11.6. The van der Waals surface area contributed by atoms with E-state index in [1.54, 1.807) is 18.3 Å². The van der Waals surface area contributed by atoms with Gasteiger partial charge in [-0.2, -0.15) is 9.78 Å². The molecule has 3 rings (SSSR count). The fraction of sp³-hybridized carbons (Fsp3) is 0.0667. The Hall–Kier alpha value is -2.33. The molecule has 0 fully saturated rings. The largest absolute Gasteiger partial charge is 0.347 e. The van der Waals surface area contributed by atoms with Gasteiger partial charge in [0, 0.05) is 16.1 Å². The van der Waals surface area contributed by atoms with E-state index in [-0.39, 0.29) is 6.03 Å². The Morgan fingerprint density at radius 3 is 2.90 bits per heavy atom. The number of fused-ring (bicyclic) bond motifs is 1. The Kier molecular flexibility index (Phi) is 3.16. The van der Waals surface area contributed by atoms with E-state index >= 15 is 0 Å². The first-order chi connectivity index (χ1) is 9.65. The SMILES string of the molecule is Cc1ccc(Cl)cc1NC(=O)n1ncc2ccccc21. The molecule has 5 heteroatoms. The summed E-state index contributed by atoms with van der Waals surface area (Å²) in [7, 11) is 0. The number of rotatable bonds is 1. The van der Waals surface area contributed by atoms with Crippen LogP contribution in [0.5, 0.6) is 0 Å². The molecule has 0 aliphatic heterocycles. The number of carbonyl (C=O) groups excluding carboxylic acids is 1. The molecule has 0 spiro atoms. The van der Waals surface area contributed by atoms with E-state index < -0.39 is 0 Å². The lowest BCUT2D eigenvalue weighted by Gasteiger charge is -2.09. The molecule has 0 aliphatic rings. The van der Waals surface area contributed by atoms with E-state index in [0.29, 0.717) is 10.7 Å². The lowest BCUT2D eigenvalue weighted by atomic mass is 10.2. The molecule has 3 aromatic rings. The van der Waals surface area contributed by atoms with Crippen molar-refractivity contribution < 1.29 is 4.79 Å². The van der Waals surface area contributed by atoms with Crippen LogP contribution in [0.25, 0.3) is 10.9 Å². The fourth-order valence-corrected chi connectivity index (χ4v) is 2.20. The van der Waals surface area contributed by atoms with Gasteiger partial charge in [-0.25, -0.2) is 4.79 Å². The molecule has 1 heterocycles. The minimum absolute atomic E-state index is 0.309.